The van der Waals surface area contributed by atoms with Crippen LogP contribution in [0.2, 0.25) is 0 Å². The van der Waals surface area contributed by atoms with Crippen molar-refractivity contribution in [3.8, 4) is 12.8 Å². The lowest BCUT2D eigenvalue weighted by Crippen LogP contribution is -2.55. The van der Waals surface area contributed by atoms with Crippen LogP contribution in [0.3, 0.4) is 0 Å². The number of carbonyl (C=O) groups excluding carboxylic acids is 5. The number of alkyl carbamates (subject to hydrolysis) is 1. The van der Waals surface area contributed by atoms with Gasteiger partial charge in [0.15, 0.2) is 11.8 Å². The number of nitrogens with two attached hydrogens (primary N) is 1. The molecule has 0 spiro atoms. The number of fused-ring (bicyclic) bond motifs is 1. The number of ketones is 1. The number of carboxylic acid groups (broad SMARTS) is 1. The van der Waals surface area contributed by atoms with E-state index in [1.807, 2.05) is 34.6 Å². The molecule has 5 unspecified atom stereocenters. The molecule has 16 nitrogen and oxygen atoms in total. The van der Waals surface area contributed by atoms with Crippen LogP contribution in [-0.4, -0.2) is 119 Å². The second kappa shape index (κ2) is 59.5. The zero-order chi connectivity index (χ0) is 62.2. The number of unbranched alkanes of at least 4 members (excludes halogenated alkanes) is 2. The third kappa shape index (κ3) is 66.1. The number of terminal acetylenes is 1. The van der Waals surface area contributed by atoms with Crippen LogP contribution in [0.25, 0.3) is 0 Å². The maximum absolute atomic E-state index is 12.0. The highest BCUT2D eigenvalue weighted by Gasteiger charge is 2.55. The molecule has 5 N–H and O–H groups in total. The summed E-state index contributed by atoms with van der Waals surface area (Å²) in [6.45, 7) is 50.3. The van der Waals surface area contributed by atoms with E-state index in [4.69, 9.17) is 39.3 Å². The number of methoxy groups -OCH3 is 2. The van der Waals surface area contributed by atoms with Gasteiger partial charge in [0.2, 0.25) is 0 Å². The number of hydrogen-bond acceptors (Lipinski definition) is 13. The molecular formula is C61H121N3O13. The van der Waals surface area contributed by atoms with Crippen LogP contribution in [0.15, 0.2) is 24.3 Å². The molecule has 0 aromatic rings. The molecule has 0 aromatic carbocycles. The SMILES string of the molecule is C#C.C=C(C)C=O.C=C(C)C=O.CC.CC.CCC(C)(C)CC(C)CCNC(=O)O.CCCC(C)(C)CC(C)CCNC(=O)OC1CO[C@@H]2CCO[C@]12N.CCCCC.COCC(C)CC(C)=O.COCC(C)OC(C)=O. The van der Waals surface area contributed by atoms with Crippen molar-refractivity contribution in [3.05, 3.63) is 24.3 Å². The van der Waals surface area contributed by atoms with E-state index in [2.05, 4.69) is 106 Å². The first-order chi connectivity index (χ1) is 35.9. The van der Waals surface area contributed by atoms with Gasteiger partial charge in [-0.3, -0.25) is 20.1 Å². The van der Waals surface area contributed by atoms with Crippen LogP contribution in [0.1, 0.15) is 216 Å². The monoisotopic (exact) mass is 1100 g/mol. The number of esters is 1. The summed E-state index contributed by atoms with van der Waals surface area (Å²) in [5.74, 6) is 1.48. The summed E-state index contributed by atoms with van der Waals surface area (Å²) in [5.41, 5.74) is 7.09. The van der Waals surface area contributed by atoms with Crippen LogP contribution in [0.5, 0.6) is 0 Å². The van der Waals surface area contributed by atoms with Crippen molar-refractivity contribution >= 4 is 36.5 Å². The topological polar surface area (TPSA) is 228 Å². The van der Waals surface area contributed by atoms with Gasteiger partial charge in [-0.1, -0.05) is 149 Å². The molecule has 0 aromatic heterocycles. The molecule has 2 aliphatic heterocycles. The van der Waals surface area contributed by atoms with Gasteiger partial charge in [-0.2, -0.15) is 0 Å². The second-order valence-electron chi connectivity index (χ2n) is 20.6. The van der Waals surface area contributed by atoms with Crippen LogP contribution >= 0.6 is 0 Å². The lowest BCUT2D eigenvalue weighted by Gasteiger charge is -2.28. The Labute approximate surface area is 472 Å². The van der Waals surface area contributed by atoms with Crippen molar-refractivity contribution in [1.82, 2.24) is 10.6 Å². The highest BCUT2D eigenvalue weighted by atomic mass is 16.6. The minimum absolute atomic E-state index is 0.132. The Morgan fingerprint density at radius 2 is 1.21 bits per heavy atom. The molecule has 0 aliphatic carbocycles. The zero-order valence-electron chi connectivity index (χ0n) is 53.3. The molecule has 0 saturated carbocycles. The molecule has 0 bridgehead atoms. The van der Waals surface area contributed by atoms with E-state index in [1.54, 1.807) is 41.9 Å². The number of aldehydes is 2. The second-order valence-corrected chi connectivity index (χ2v) is 20.6. The lowest BCUT2D eigenvalue weighted by molar-refractivity contribution is -0.147. The van der Waals surface area contributed by atoms with Gasteiger partial charge < -0.3 is 49.0 Å². The summed E-state index contributed by atoms with van der Waals surface area (Å²) in [5, 5.41) is 13.6. The Hall–Kier alpha value is -4.14. The zero-order valence-corrected chi connectivity index (χ0v) is 53.3. The van der Waals surface area contributed by atoms with Gasteiger partial charge in [-0.25, -0.2) is 9.59 Å². The Kier molecular flexibility index (Phi) is 69.1. The van der Waals surface area contributed by atoms with Crippen LogP contribution < -0.4 is 16.4 Å². The number of hydrogen-bond donors (Lipinski definition) is 4. The average molecular weight is 1100 g/mol. The number of amides is 2. The fourth-order valence-electron chi connectivity index (χ4n) is 7.41. The first-order valence-electron chi connectivity index (χ1n) is 28.1. The Bertz CT molecular complexity index is 1430. The molecule has 458 valence electrons. The maximum Gasteiger partial charge on any atom is 0.407 e. The van der Waals surface area contributed by atoms with Crippen molar-refractivity contribution in [3.63, 3.8) is 0 Å². The van der Waals surface area contributed by atoms with Crippen molar-refractivity contribution in [2.24, 2.45) is 34.3 Å². The van der Waals surface area contributed by atoms with E-state index in [0.29, 0.717) is 85.7 Å². The quantitative estimate of drug-likeness (QED) is 0.0289. The van der Waals surface area contributed by atoms with Gasteiger partial charge in [-0.15, -0.1) is 12.8 Å². The van der Waals surface area contributed by atoms with Gasteiger partial charge in [0, 0.05) is 53.7 Å². The fourth-order valence-corrected chi connectivity index (χ4v) is 7.41. The number of rotatable bonds is 25. The molecule has 2 rings (SSSR count). The molecule has 2 heterocycles. The molecule has 2 aliphatic rings. The summed E-state index contributed by atoms with van der Waals surface area (Å²) >= 11 is 0. The highest BCUT2D eigenvalue weighted by molar-refractivity contribution is 5.75. The fraction of sp³-hybridized carbons (Fsp3) is 0.803. The van der Waals surface area contributed by atoms with E-state index in [1.165, 1.54) is 45.4 Å². The maximum atomic E-state index is 12.0. The highest BCUT2D eigenvalue weighted by Crippen LogP contribution is 2.35. The Morgan fingerprint density at radius 1 is 0.766 bits per heavy atom. The minimum atomic E-state index is -0.977. The lowest BCUT2D eigenvalue weighted by atomic mass is 9.79. The molecule has 0 radical (unpaired) electrons. The predicted molar refractivity (Wildman–Crippen MR) is 320 cm³/mol. The van der Waals surface area contributed by atoms with Crippen LogP contribution in [0, 0.1) is 41.4 Å². The van der Waals surface area contributed by atoms with Gasteiger partial charge in [0.25, 0.3) is 0 Å². The molecule has 2 fully saturated rings. The molecule has 2 saturated heterocycles. The Balaban J connectivity index is -0.000000129. The standard InChI is InChI=1S/C18H34N2O4.C11H23NO2.C7H14O2.C6H12O3.C5H12.2C4H6O.2C2H6.C2H2/c1-5-8-17(3,4)11-13(2)6-9-20-16(21)24-15-12-22-14-7-10-23-18(14,15)19;1-5-11(3,4)8-9(2)6-7-12-10(13)14;1-6(5-9-3)4-7(2)8;1-5(4-8-3)9-6(2)7;1-3-5-4-2;2*1-4(2)3-5;3*1-2/h13-15H,5-12,19H2,1-4H3,(H,20,21);9,12H,5-8H2,1-4H3,(H,13,14);6H,4-5H2,1-3H3;5H,4H2,1-3H3;3-5H2,1-2H3;2*3H,1H2,2H3;2*1-2H3;1-2H/t13?,14-,15?,18+;;;;;;;;;/m1........./s1. The van der Waals surface area contributed by atoms with Gasteiger partial charge in [-0.05, 0) is 99.5 Å². The van der Waals surface area contributed by atoms with Gasteiger partial charge >= 0.3 is 18.2 Å². The molecule has 77 heavy (non-hydrogen) atoms. The molecular weight excluding hydrogens is 983 g/mol. The summed E-state index contributed by atoms with van der Waals surface area (Å²) in [6, 6.07) is 0. The van der Waals surface area contributed by atoms with Crippen LogP contribution in [0.4, 0.5) is 9.59 Å². The first kappa shape index (κ1) is 89.4. The number of carbonyl (C=O) groups is 6. The largest absolute Gasteiger partial charge is 0.465 e. The number of nitrogens with one attached hydrogen (secondary N) is 2. The van der Waals surface area contributed by atoms with E-state index in [9.17, 15) is 28.8 Å². The van der Waals surface area contributed by atoms with Crippen LogP contribution in [-0.2, 0) is 47.6 Å². The summed E-state index contributed by atoms with van der Waals surface area (Å²) in [7, 11) is 3.22. The summed E-state index contributed by atoms with van der Waals surface area (Å²) < 4.78 is 30.8. The Morgan fingerprint density at radius 3 is 1.56 bits per heavy atom. The predicted octanol–water partition coefficient (Wildman–Crippen LogP) is 13.8. The summed E-state index contributed by atoms with van der Waals surface area (Å²) in [6.07, 6.45) is 20.5. The van der Waals surface area contributed by atoms with Gasteiger partial charge in [0.1, 0.15) is 30.6 Å². The minimum Gasteiger partial charge on any atom is -0.465 e. The number of allylic oxidation sites excluding steroid dienone is 2. The smallest absolute Gasteiger partial charge is 0.407 e. The molecule has 16 heteroatoms. The normalized spacial score (nSPS) is 16.7. The van der Waals surface area contributed by atoms with Crippen molar-refractivity contribution in [2.45, 2.75) is 240 Å². The first-order valence-corrected chi connectivity index (χ1v) is 28.1. The van der Waals surface area contributed by atoms with E-state index in [-0.39, 0.29) is 24.0 Å². The van der Waals surface area contributed by atoms with E-state index < -0.39 is 24.0 Å². The van der Waals surface area contributed by atoms with Crippen molar-refractivity contribution < 1.29 is 62.3 Å². The van der Waals surface area contributed by atoms with E-state index in [0.717, 1.165) is 44.7 Å². The van der Waals surface area contributed by atoms with Crippen molar-refractivity contribution in [2.75, 3.05) is 53.7 Å². The molecule has 2 amide bonds. The summed E-state index contributed by atoms with van der Waals surface area (Å²) in [4.78, 5) is 61.7. The van der Waals surface area contributed by atoms with E-state index >= 15 is 0 Å². The van der Waals surface area contributed by atoms with Gasteiger partial charge in [0.05, 0.1) is 19.8 Å². The average Bonchev–Trinajstić information content (AvgIpc) is 3.87. The third-order valence-electron chi connectivity index (χ3n) is 10.9. The molecule has 7 atom stereocenters. The number of ether oxygens (including phenoxy) is 6. The number of Topliss-reactive ketones (excluding diaryl/α,β-unsaturated/α-hetero) is 1. The van der Waals surface area contributed by atoms with Crippen molar-refractivity contribution in [1.29, 1.82) is 0 Å². The third-order valence-corrected chi connectivity index (χ3v) is 10.9.